The second-order valence-electron chi connectivity index (χ2n) is 2.21. The van der Waals surface area contributed by atoms with Crippen LogP contribution in [0.1, 0.15) is 5.69 Å². The van der Waals surface area contributed by atoms with Crippen LogP contribution in [-0.2, 0) is 0 Å². The van der Waals surface area contributed by atoms with Crippen LogP contribution >= 0.6 is 37.0 Å². The van der Waals surface area contributed by atoms with E-state index in [0.29, 0.717) is 11.4 Å². The average molecular weight is 268 g/mol. The molecule has 1 aromatic heterocycles. The number of pyridine rings is 1. The fourth-order valence-corrected chi connectivity index (χ4v) is 0.748. The summed E-state index contributed by atoms with van der Waals surface area (Å²) >= 11 is 4.55. The third-order valence-electron chi connectivity index (χ3n) is 1.23. The summed E-state index contributed by atoms with van der Waals surface area (Å²) in [7, 11) is 0. The zero-order valence-corrected chi connectivity index (χ0v) is 10.0. The van der Waals surface area contributed by atoms with Crippen molar-refractivity contribution in [2.75, 3.05) is 5.73 Å². The summed E-state index contributed by atoms with van der Waals surface area (Å²) in [6, 6.07) is 3.47. The van der Waals surface area contributed by atoms with Crippen molar-refractivity contribution < 1.29 is 0 Å². The minimum Gasteiger partial charge on any atom is -0.397 e. The predicted octanol–water partition coefficient (Wildman–Crippen LogP) is 0.675. The van der Waals surface area contributed by atoms with Gasteiger partial charge in [0.15, 0.2) is 5.11 Å². The lowest BCUT2D eigenvalue weighted by molar-refractivity contribution is 1.04. The van der Waals surface area contributed by atoms with Gasteiger partial charge in [0.05, 0.1) is 11.9 Å². The van der Waals surface area contributed by atoms with Gasteiger partial charge in [0.2, 0.25) is 0 Å². The maximum absolute atomic E-state index is 5.59. The maximum atomic E-state index is 5.59. The summed E-state index contributed by atoms with van der Waals surface area (Å²) in [6.45, 7) is 0. The number of thiocarbonyl (C=S) groups is 1. The third-order valence-corrected chi connectivity index (χ3v) is 1.32. The maximum Gasteiger partial charge on any atom is 0.184 e. The Morgan fingerprint density at radius 3 is 2.73 bits per heavy atom. The van der Waals surface area contributed by atoms with Gasteiger partial charge in [0.1, 0.15) is 5.69 Å². The van der Waals surface area contributed by atoms with Crippen molar-refractivity contribution >= 4 is 54.0 Å². The quantitative estimate of drug-likeness (QED) is 0.417. The molecule has 0 amide bonds. The molecule has 1 heterocycles. The Kier molecular flexibility index (Phi) is 8.94. The first-order valence-corrected chi connectivity index (χ1v) is 3.90. The number of rotatable bonds is 2. The Balaban J connectivity index is 0. The Hall–Kier alpha value is -1.11. The lowest BCUT2D eigenvalue weighted by Gasteiger charge is -1.97. The highest BCUT2D eigenvalue weighted by molar-refractivity contribution is 7.80. The first kappa shape index (κ1) is 16.3. The van der Waals surface area contributed by atoms with Crippen LogP contribution in [0.5, 0.6) is 0 Å². The van der Waals surface area contributed by atoms with E-state index in [9.17, 15) is 0 Å². The molecule has 0 aliphatic carbocycles. The molecule has 0 fully saturated rings. The summed E-state index contributed by atoms with van der Waals surface area (Å²) in [5, 5.41) is 3.82. The van der Waals surface area contributed by atoms with Gasteiger partial charge in [-0.15, -0.1) is 24.8 Å². The van der Waals surface area contributed by atoms with E-state index in [1.807, 2.05) is 0 Å². The molecule has 0 aromatic carbocycles. The van der Waals surface area contributed by atoms with E-state index in [2.05, 4.69) is 27.7 Å². The number of hydrogen-bond donors (Lipinski definition) is 3. The van der Waals surface area contributed by atoms with Crippen molar-refractivity contribution in [2.24, 2.45) is 10.8 Å². The van der Waals surface area contributed by atoms with Crippen molar-refractivity contribution in [2.45, 2.75) is 0 Å². The van der Waals surface area contributed by atoms with Gasteiger partial charge in [-0.3, -0.25) is 10.4 Å². The lowest BCUT2D eigenvalue weighted by atomic mass is 10.3. The molecular formula is C7H11Cl2N5S. The van der Waals surface area contributed by atoms with Crippen LogP contribution in [0.4, 0.5) is 5.69 Å². The minimum absolute atomic E-state index is 0. The van der Waals surface area contributed by atoms with Gasteiger partial charge >= 0.3 is 0 Å². The smallest absolute Gasteiger partial charge is 0.184 e. The zero-order valence-electron chi connectivity index (χ0n) is 7.58. The van der Waals surface area contributed by atoms with Crippen LogP contribution in [0.2, 0.25) is 0 Å². The highest BCUT2D eigenvalue weighted by Gasteiger charge is 1.93. The van der Waals surface area contributed by atoms with Crippen LogP contribution in [0, 0.1) is 0 Å². The third kappa shape index (κ3) is 6.05. The number of nitrogens with zero attached hydrogens (tertiary/aromatic N) is 2. The molecular weight excluding hydrogens is 257 g/mol. The predicted molar refractivity (Wildman–Crippen MR) is 70.7 cm³/mol. The van der Waals surface area contributed by atoms with Crippen LogP contribution < -0.4 is 16.9 Å². The molecule has 1 rings (SSSR count). The number of hydrogen-bond acceptors (Lipinski definition) is 4. The van der Waals surface area contributed by atoms with E-state index in [0.717, 1.165) is 0 Å². The van der Waals surface area contributed by atoms with Gasteiger partial charge in [0, 0.05) is 6.20 Å². The van der Waals surface area contributed by atoms with E-state index in [4.69, 9.17) is 11.5 Å². The molecule has 0 spiro atoms. The first-order valence-electron chi connectivity index (χ1n) is 3.49. The number of hydrazone groups is 1. The Morgan fingerprint density at radius 1 is 1.53 bits per heavy atom. The largest absolute Gasteiger partial charge is 0.397 e. The molecule has 15 heavy (non-hydrogen) atoms. The van der Waals surface area contributed by atoms with E-state index >= 15 is 0 Å². The number of aromatic nitrogens is 1. The van der Waals surface area contributed by atoms with Gasteiger partial charge in [0.25, 0.3) is 0 Å². The molecule has 84 valence electrons. The van der Waals surface area contributed by atoms with Gasteiger partial charge < -0.3 is 11.5 Å². The van der Waals surface area contributed by atoms with Gasteiger partial charge in [-0.1, -0.05) is 0 Å². The summed E-state index contributed by atoms with van der Waals surface area (Å²) < 4.78 is 0. The van der Waals surface area contributed by atoms with Gasteiger partial charge in [-0.05, 0) is 24.4 Å². The molecule has 0 saturated heterocycles. The normalized spacial score (nSPS) is 8.80. The second-order valence-corrected chi connectivity index (χ2v) is 2.65. The molecule has 5 N–H and O–H groups in total. The van der Waals surface area contributed by atoms with Crippen LogP contribution in [0.3, 0.4) is 0 Å². The van der Waals surface area contributed by atoms with Crippen LogP contribution in [-0.4, -0.2) is 16.3 Å². The number of halogens is 2. The van der Waals surface area contributed by atoms with Gasteiger partial charge in [-0.25, -0.2) is 0 Å². The summed E-state index contributed by atoms with van der Waals surface area (Å²) in [4.78, 5) is 3.98. The number of anilines is 1. The Labute approximate surface area is 105 Å². The van der Waals surface area contributed by atoms with Gasteiger partial charge in [-0.2, -0.15) is 5.10 Å². The lowest BCUT2D eigenvalue weighted by Crippen LogP contribution is -2.24. The molecule has 0 unspecified atom stereocenters. The second kappa shape index (κ2) is 8.22. The summed E-state index contributed by atoms with van der Waals surface area (Å²) in [6.07, 6.45) is 3.08. The Bertz CT molecular complexity index is 344. The highest BCUT2D eigenvalue weighted by atomic mass is 35.5. The topological polar surface area (TPSA) is 89.3 Å². The molecule has 0 radical (unpaired) electrons. The molecule has 0 atom stereocenters. The highest BCUT2D eigenvalue weighted by Crippen LogP contribution is 2.02. The number of nitrogens with one attached hydrogen (secondary N) is 1. The van der Waals surface area contributed by atoms with Crippen molar-refractivity contribution in [1.82, 2.24) is 10.4 Å². The van der Waals surface area contributed by atoms with E-state index in [1.54, 1.807) is 18.3 Å². The number of nitrogens with two attached hydrogens (primary N) is 2. The fourth-order valence-electron chi connectivity index (χ4n) is 0.695. The molecule has 8 heteroatoms. The summed E-state index contributed by atoms with van der Waals surface area (Å²) in [5.74, 6) is 0. The van der Waals surface area contributed by atoms with Crippen LogP contribution in [0.25, 0.3) is 0 Å². The van der Waals surface area contributed by atoms with Crippen LogP contribution in [0.15, 0.2) is 23.4 Å². The van der Waals surface area contributed by atoms with E-state index in [1.165, 1.54) is 6.21 Å². The van der Waals surface area contributed by atoms with Crippen molar-refractivity contribution in [3.05, 3.63) is 24.0 Å². The average Bonchev–Trinajstić information content (AvgIpc) is 2.08. The molecule has 0 aliphatic rings. The molecule has 1 aromatic rings. The first-order chi connectivity index (χ1) is 6.20. The molecule has 5 nitrogen and oxygen atoms in total. The SMILES string of the molecule is Cl.Cl.NC(=S)N/N=C/c1ncccc1N. The molecule has 0 bridgehead atoms. The van der Waals surface area contributed by atoms with E-state index < -0.39 is 0 Å². The molecule has 0 aliphatic heterocycles. The zero-order chi connectivity index (χ0) is 9.68. The Morgan fingerprint density at radius 2 is 2.20 bits per heavy atom. The summed E-state index contributed by atoms with van der Waals surface area (Å²) in [5.41, 5.74) is 14.3. The monoisotopic (exact) mass is 267 g/mol. The standard InChI is InChI=1S/C7H9N5S.2ClH/c8-5-2-1-3-10-6(5)4-11-12-7(9)13;;/h1-4H,8H2,(H3,9,12,13);2*1H/b11-4+;;. The van der Waals surface area contributed by atoms with Crippen molar-refractivity contribution in [3.8, 4) is 0 Å². The fraction of sp³-hybridized carbons (Fsp3) is 0. The number of nitrogen functional groups attached to an aromatic ring is 1. The van der Waals surface area contributed by atoms with Crippen molar-refractivity contribution in [3.63, 3.8) is 0 Å². The molecule has 0 saturated carbocycles. The minimum atomic E-state index is 0. The van der Waals surface area contributed by atoms with E-state index in [-0.39, 0.29) is 29.9 Å². The van der Waals surface area contributed by atoms with Crippen molar-refractivity contribution in [1.29, 1.82) is 0 Å².